The van der Waals surface area contributed by atoms with Gasteiger partial charge in [0.1, 0.15) is 0 Å². The summed E-state index contributed by atoms with van der Waals surface area (Å²) in [4.78, 5) is 25.6. The van der Waals surface area contributed by atoms with Crippen LogP contribution in [0.25, 0.3) is 0 Å². The summed E-state index contributed by atoms with van der Waals surface area (Å²) in [5, 5.41) is 9.49. The Bertz CT molecular complexity index is 438. The van der Waals surface area contributed by atoms with Crippen LogP contribution in [0.2, 0.25) is 0 Å². The molecule has 0 radical (unpaired) electrons. The van der Waals surface area contributed by atoms with E-state index in [0.717, 1.165) is 25.7 Å². The quantitative estimate of drug-likeness (QED) is 0.387. The fraction of sp³-hybridized carbons (Fsp3) is 0.909. The second-order valence-electron chi connectivity index (χ2n) is 8.70. The molecule has 2 N–H and O–H groups in total. The Morgan fingerprint density at radius 1 is 0.963 bits per heavy atom. The van der Waals surface area contributed by atoms with Gasteiger partial charge in [-0.05, 0) is 25.2 Å². The van der Waals surface area contributed by atoms with Crippen LogP contribution in [0.1, 0.15) is 104 Å². The Morgan fingerprint density at radius 3 is 1.89 bits per heavy atom. The largest absolute Gasteiger partial charge is 0.469 e. The van der Waals surface area contributed by atoms with Gasteiger partial charge in [0.2, 0.25) is 5.91 Å². The van der Waals surface area contributed by atoms with Crippen LogP contribution in [0, 0.1) is 17.3 Å². The molecule has 0 aromatic carbocycles. The maximum Gasteiger partial charge on any atom is 0.309 e. The maximum atomic E-state index is 12.9. The highest BCUT2D eigenvalue weighted by molar-refractivity contribution is 5.88. The highest BCUT2D eigenvalue weighted by Crippen LogP contribution is 2.43. The molecule has 0 aromatic rings. The summed E-state index contributed by atoms with van der Waals surface area (Å²) >= 11 is 0. The lowest BCUT2D eigenvalue weighted by molar-refractivity contribution is -0.161. The van der Waals surface area contributed by atoms with E-state index in [-0.39, 0.29) is 11.9 Å². The van der Waals surface area contributed by atoms with E-state index in [0.29, 0.717) is 19.3 Å². The number of amides is 1. The molecule has 5 heteroatoms. The van der Waals surface area contributed by atoms with Gasteiger partial charge in [-0.1, -0.05) is 84.5 Å². The van der Waals surface area contributed by atoms with E-state index in [2.05, 4.69) is 13.8 Å². The molecular weight excluding hydrogens is 342 g/mol. The Labute approximate surface area is 165 Å². The number of hydroxylamine groups is 1. The van der Waals surface area contributed by atoms with E-state index in [1.807, 2.05) is 5.48 Å². The van der Waals surface area contributed by atoms with Crippen molar-refractivity contribution in [1.29, 1.82) is 0 Å². The lowest BCUT2D eigenvalue weighted by Crippen LogP contribution is -2.49. The van der Waals surface area contributed by atoms with Crippen molar-refractivity contribution in [3.05, 3.63) is 0 Å². The van der Waals surface area contributed by atoms with E-state index in [1.165, 1.54) is 52.1 Å². The summed E-state index contributed by atoms with van der Waals surface area (Å²) in [5.41, 5.74) is 0.995. The second-order valence-corrected chi connectivity index (χ2v) is 8.70. The van der Waals surface area contributed by atoms with Crippen molar-refractivity contribution in [1.82, 2.24) is 5.48 Å². The Balaban J connectivity index is 3.11. The van der Waals surface area contributed by atoms with E-state index >= 15 is 0 Å². The molecule has 1 saturated carbocycles. The standard InChI is InChI=1S/C22H41NO4/c1-18(2)17-22(21(25)23-26)16-14-12-10-8-6-4-5-7-9-11-13-15-19(22)20(24)27-3/h18-19,26H,4-17H2,1-3H3,(H,23,25). The molecule has 0 aromatic heterocycles. The average molecular weight is 384 g/mol. The SMILES string of the molecule is COC(=O)C1CCCCCCCCCCCCCC1(CC(C)C)C(=O)NO. The number of carbonyl (C=O) groups excluding carboxylic acids is 2. The van der Waals surface area contributed by atoms with Crippen molar-refractivity contribution >= 4 is 11.9 Å². The van der Waals surface area contributed by atoms with Crippen molar-refractivity contribution < 1.29 is 19.5 Å². The summed E-state index contributed by atoms with van der Waals surface area (Å²) in [6, 6.07) is 0. The fourth-order valence-corrected chi connectivity index (χ4v) is 4.76. The highest BCUT2D eigenvalue weighted by Gasteiger charge is 2.49. The summed E-state index contributed by atoms with van der Waals surface area (Å²) in [6.07, 6.45) is 14.5. The number of carbonyl (C=O) groups is 2. The summed E-state index contributed by atoms with van der Waals surface area (Å²) in [6.45, 7) is 4.13. The van der Waals surface area contributed by atoms with Gasteiger partial charge in [0.05, 0.1) is 18.4 Å². The van der Waals surface area contributed by atoms with Crippen LogP contribution in [0.4, 0.5) is 0 Å². The van der Waals surface area contributed by atoms with Crippen molar-refractivity contribution in [2.75, 3.05) is 7.11 Å². The predicted octanol–water partition coefficient (Wildman–Crippen LogP) is 5.40. The molecule has 1 aliphatic carbocycles. The Morgan fingerprint density at radius 2 is 1.44 bits per heavy atom. The first-order chi connectivity index (χ1) is 13.0. The first-order valence-electron chi connectivity index (χ1n) is 11.0. The zero-order valence-electron chi connectivity index (χ0n) is 17.7. The van der Waals surface area contributed by atoms with Gasteiger partial charge in [-0.3, -0.25) is 14.8 Å². The van der Waals surface area contributed by atoms with Crippen LogP contribution in [0.5, 0.6) is 0 Å². The molecule has 27 heavy (non-hydrogen) atoms. The van der Waals surface area contributed by atoms with Crippen LogP contribution in [0.15, 0.2) is 0 Å². The van der Waals surface area contributed by atoms with Crippen LogP contribution in [-0.2, 0) is 14.3 Å². The molecule has 2 atom stereocenters. The second kappa shape index (κ2) is 13.1. The van der Waals surface area contributed by atoms with Crippen molar-refractivity contribution in [2.45, 2.75) is 104 Å². The molecule has 0 saturated heterocycles. The molecule has 0 heterocycles. The number of rotatable bonds is 4. The monoisotopic (exact) mass is 383 g/mol. The lowest BCUT2D eigenvalue weighted by Gasteiger charge is -2.39. The third kappa shape index (κ3) is 7.81. The molecule has 0 bridgehead atoms. The summed E-state index contributed by atoms with van der Waals surface area (Å²) in [5.74, 6) is -0.988. The number of hydrogen-bond acceptors (Lipinski definition) is 4. The zero-order valence-corrected chi connectivity index (χ0v) is 17.7. The minimum absolute atomic E-state index is 0.247. The normalized spacial score (nSPS) is 26.6. The van der Waals surface area contributed by atoms with E-state index in [4.69, 9.17) is 4.74 Å². The molecule has 158 valence electrons. The highest BCUT2D eigenvalue weighted by atomic mass is 16.5. The van der Waals surface area contributed by atoms with Crippen LogP contribution >= 0.6 is 0 Å². The molecule has 1 fully saturated rings. The van der Waals surface area contributed by atoms with Gasteiger partial charge in [0, 0.05) is 0 Å². The number of nitrogens with one attached hydrogen (secondary N) is 1. The lowest BCUT2D eigenvalue weighted by atomic mass is 9.65. The third-order valence-electron chi connectivity index (χ3n) is 6.09. The van der Waals surface area contributed by atoms with E-state index < -0.39 is 17.2 Å². The van der Waals surface area contributed by atoms with Gasteiger partial charge in [0.25, 0.3) is 0 Å². The minimum atomic E-state index is -0.893. The van der Waals surface area contributed by atoms with Crippen molar-refractivity contribution in [2.24, 2.45) is 17.3 Å². The summed E-state index contributed by atoms with van der Waals surface area (Å²) < 4.78 is 5.11. The first-order valence-corrected chi connectivity index (χ1v) is 11.0. The molecule has 5 nitrogen and oxygen atoms in total. The molecule has 1 rings (SSSR count). The van der Waals surface area contributed by atoms with Gasteiger partial charge in [0.15, 0.2) is 0 Å². The first kappa shape index (κ1) is 23.9. The average Bonchev–Trinajstić information content (AvgIpc) is 2.66. The Hall–Kier alpha value is -1.10. The van der Waals surface area contributed by atoms with Crippen molar-refractivity contribution in [3.63, 3.8) is 0 Å². The van der Waals surface area contributed by atoms with Crippen LogP contribution in [0.3, 0.4) is 0 Å². The van der Waals surface area contributed by atoms with E-state index in [1.54, 1.807) is 0 Å². The number of methoxy groups -OCH3 is 1. The van der Waals surface area contributed by atoms with Crippen LogP contribution in [-0.4, -0.2) is 24.2 Å². The predicted molar refractivity (Wildman–Crippen MR) is 107 cm³/mol. The third-order valence-corrected chi connectivity index (χ3v) is 6.09. The van der Waals surface area contributed by atoms with Crippen LogP contribution < -0.4 is 5.48 Å². The fourth-order valence-electron chi connectivity index (χ4n) is 4.76. The molecular formula is C22H41NO4. The Kier molecular flexibility index (Phi) is 11.7. The maximum absolute atomic E-state index is 12.9. The van der Waals surface area contributed by atoms with Gasteiger partial charge < -0.3 is 4.74 Å². The van der Waals surface area contributed by atoms with E-state index in [9.17, 15) is 14.8 Å². The van der Waals surface area contributed by atoms with Crippen molar-refractivity contribution in [3.8, 4) is 0 Å². The van der Waals surface area contributed by atoms with Gasteiger partial charge >= 0.3 is 5.97 Å². The summed E-state index contributed by atoms with van der Waals surface area (Å²) in [7, 11) is 1.40. The number of ether oxygens (including phenoxy) is 1. The van der Waals surface area contributed by atoms with Gasteiger partial charge in [-0.2, -0.15) is 0 Å². The molecule has 0 spiro atoms. The molecule has 2 unspecified atom stereocenters. The zero-order chi connectivity index (χ0) is 20.1. The molecule has 1 aliphatic rings. The minimum Gasteiger partial charge on any atom is -0.469 e. The number of hydrogen-bond donors (Lipinski definition) is 2. The molecule has 1 amide bonds. The molecule has 0 aliphatic heterocycles. The topological polar surface area (TPSA) is 75.6 Å². The van der Waals surface area contributed by atoms with Gasteiger partial charge in [-0.15, -0.1) is 0 Å². The smallest absolute Gasteiger partial charge is 0.309 e. The van der Waals surface area contributed by atoms with Gasteiger partial charge in [-0.25, -0.2) is 5.48 Å². The number of esters is 1.